The van der Waals surface area contributed by atoms with Gasteiger partial charge in [-0.05, 0) is 28.7 Å². The summed E-state index contributed by atoms with van der Waals surface area (Å²) in [5.41, 5.74) is 4.76. The van der Waals surface area contributed by atoms with Crippen LogP contribution >= 0.6 is 0 Å². The van der Waals surface area contributed by atoms with Crippen molar-refractivity contribution in [1.29, 1.82) is 0 Å². The molecule has 1 aliphatic carbocycles. The van der Waals surface area contributed by atoms with E-state index in [4.69, 9.17) is 9.84 Å². The fraction of sp³-hybridized carbons (Fsp3) is 0.217. The van der Waals surface area contributed by atoms with Crippen molar-refractivity contribution < 1.29 is 24.2 Å². The van der Waals surface area contributed by atoms with Crippen LogP contribution in [0.5, 0.6) is 0 Å². The lowest BCUT2D eigenvalue weighted by Gasteiger charge is -2.19. The highest BCUT2D eigenvalue weighted by Gasteiger charge is 2.30. The summed E-state index contributed by atoms with van der Waals surface area (Å²) < 4.78 is 5.47. The maximum atomic E-state index is 12.5. The Morgan fingerprint density at radius 1 is 1.06 bits per heavy atom. The fourth-order valence-electron chi connectivity index (χ4n) is 3.87. The van der Waals surface area contributed by atoms with Crippen LogP contribution in [-0.2, 0) is 14.3 Å². The number of nitrogens with one attached hydrogen (secondary N) is 3. The van der Waals surface area contributed by atoms with E-state index in [1.807, 2.05) is 48.5 Å². The third-order valence-electron chi connectivity index (χ3n) is 5.36. The van der Waals surface area contributed by atoms with Gasteiger partial charge in [0.1, 0.15) is 12.6 Å². The number of alkyl carbamates (subject to hydrolysis) is 1. The van der Waals surface area contributed by atoms with E-state index in [0.717, 1.165) is 22.3 Å². The predicted octanol–water partition coefficient (Wildman–Crippen LogP) is 3.12. The number of ether oxygens (including phenoxy) is 1. The molecule has 164 valence electrons. The number of carboxylic acids is 1. The highest BCUT2D eigenvalue weighted by molar-refractivity contribution is 5.96. The molecule has 2 aromatic carbocycles. The quantitative estimate of drug-likeness (QED) is 0.430. The van der Waals surface area contributed by atoms with Gasteiger partial charge in [0.2, 0.25) is 5.91 Å². The number of benzene rings is 2. The van der Waals surface area contributed by atoms with Gasteiger partial charge in [-0.1, -0.05) is 48.5 Å². The number of H-pyrrole nitrogens is 1. The zero-order chi connectivity index (χ0) is 22.5. The van der Waals surface area contributed by atoms with Crippen molar-refractivity contribution in [2.24, 2.45) is 0 Å². The van der Waals surface area contributed by atoms with E-state index in [2.05, 4.69) is 20.8 Å². The minimum Gasteiger partial charge on any atom is -0.481 e. The number of anilines is 1. The molecule has 0 fully saturated rings. The molecule has 32 heavy (non-hydrogen) atoms. The minimum atomic E-state index is -1.07. The summed E-state index contributed by atoms with van der Waals surface area (Å²) in [4.78, 5) is 36.0. The summed E-state index contributed by atoms with van der Waals surface area (Å²) in [6.45, 7) is 0.0921. The highest BCUT2D eigenvalue weighted by atomic mass is 16.5. The molecule has 9 nitrogen and oxygen atoms in total. The lowest BCUT2D eigenvalue weighted by molar-refractivity contribution is -0.137. The van der Waals surface area contributed by atoms with Gasteiger partial charge in [-0.3, -0.25) is 14.7 Å². The Hall–Kier alpha value is -4.14. The van der Waals surface area contributed by atoms with E-state index >= 15 is 0 Å². The van der Waals surface area contributed by atoms with Gasteiger partial charge in [-0.15, -0.1) is 0 Å². The average molecular weight is 434 g/mol. The van der Waals surface area contributed by atoms with Crippen LogP contribution < -0.4 is 10.6 Å². The number of nitrogens with zero attached hydrogens (tertiary/aromatic N) is 1. The number of carboxylic acid groups (broad SMARTS) is 1. The SMILES string of the molecule is O=C(O)CCC(NC(=O)OCC1c2ccccc2-c2ccccc21)C(=O)Nc1cn[nH]c1. The molecule has 3 aromatic rings. The van der Waals surface area contributed by atoms with E-state index < -0.39 is 24.0 Å². The Kier molecular flexibility index (Phi) is 6.16. The van der Waals surface area contributed by atoms with Gasteiger partial charge in [0.05, 0.1) is 11.9 Å². The number of fused-ring (bicyclic) bond motifs is 3. The fourth-order valence-corrected chi connectivity index (χ4v) is 3.87. The number of aromatic nitrogens is 2. The molecule has 1 atom stereocenters. The van der Waals surface area contributed by atoms with Gasteiger partial charge in [-0.25, -0.2) is 4.79 Å². The van der Waals surface area contributed by atoms with Gasteiger partial charge in [0.25, 0.3) is 0 Å². The van der Waals surface area contributed by atoms with Crippen molar-refractivity contribution in [2.75, 3.05) is 11.9 Å². The van der Waals surface area contributed by atoms with Crippen molar-refractivity contribution in [3.05, 3.63) is 72.1 Å². The first kappa shape index (κ1) is 21.1. The van der Waals surface area contributed by atoms with E-state index in [1.165, 1.54) is 12.4 Å². The van der Waals surface area contributed by atoms with Crippen LogP contribution in [0.4, 0.5) is 10.5 Å². The first-order chi connectivity index (χ1) is 15.5. The molecule has 1 unspecified atom stereocenters. The van der Waals surface area contributed by atoms with Crippen LogP contribution in [0.3, 0.4) is 0 Å². The normalized spacial score (nSPS) is 13.0. The van der Waals surface area contributed by atoms with Crippen LogP contribution in [0.15, 0.2) is 60.9 Å². The third-order valence-corrected chi connectivity index (χ3v) is 5.36. The van der Waals surface area contributed by atoms with Gasteiger partial charge in [0, 0.05) is 18.5 Å². The number of aromatic amines is 1. The monoisotopic (exact) mass is 434 g/mol. The maximum Gasteiger partial charge on any atom is 0.407 e. The Morgan fingerprint density at radius 3 is 2.31 bits per heavy atom. The lowest BCUT2D eigenvalue weighted by Crippen LogP contribution is -2.44. The second kappa shape index (κ2) is 9.34. The van der Waals surface area contributed by atoms with Crippen molar-refractivity contribution >= 4 is 23.7 Å². The molecule has 4 rings (SSSR count). The lowest BCUT2D eigenvalue weighted by atomic mass is 9.98. The van der Waals surface area contributed by atoms with Gasteiger partial charge in [-0.2, -0.15) is 5.10 Å². The number of rotatable bonds is 8. The molecule has 0 saturated heterocycles. The van der Waals surface area contributed by atoms with Crippen molar-refractivity contribution in [3.63, 3.8) is 0 Å². The summed E-state index contributed by atoms with van der Waals surface area (Å²) in [7, 11) is 0. The van der Waals surface area contributed by atoms with E-state index in [9.17, 15) is 14.4 Å². The zero-order valence-electron chi connectivity index (χ0n) is 17.1. The van der Waals surface area contributed by atoms with Gasteiger partial charge < -0.3 is 20.5 Å². The first-order valence-electron chi connectivity index (χ1n) is 10.2. The summed E-state index contributed by atoms with van der Waals surface area (Å²) in [5.74, 6) is -1.74. The second-order valence-corrected chi connectivity index (χ2v) is 7.43. The molecule has 0 spiro atoms. The molecule has 1 aliphatic rings. The minimum absolute atomic E-state index is 0.0801. The Labute approximate surface area is 183 Å². The van der Waals surface area contributed by atoms with E-state index in [0.29, 0.717) is 5.69 Å². The molecule has 0 aliphatic heterocycles. The summed E-state index contributed by atoms with van der Waals surface area (Å²) in [6, 6.07) is 14.8. The molecule has 1 heterocycles. The number of hydrogen-bond donors (Lipinski definition) is 4. The topological polar surface area (TPSA) is 133 Å². The highest BCUT2D eigenvalue weighted by Crippen LogP contribution is 2.44. The number of hydrogen-bond acceptors (Lipinski definition) is 5. The molecule has 0 bridgehead atoms. The Morgan fingerprint density at radius 2 is 1.72 bits per heavy atom. The smallest absolute Gasteiger partial charge is 0.407 e. The summed E-state index contributed by atoms with van der Waals surface area (Å²) >= 11 is 0. The molecule has 9 heteroatoms. The Balaban J connectivity index is 1.42. The molecular formula is C23H22N4O5. The first-order valence-corrected chi connectivity index (χ1v) is 10.2. The standard InChI is InChI=1S/C23H22N4O5/c28-21(29)10-9-20(22(30)26-14-11-24-25-12-14)27-23(31)32-13-19-17-7-3-1-5-15(17)16-6-2-4-8-18(16)19/h1-8,11-12,19-20H,9-10,13H2,(H,24,25)(H,26,30)(H,27,31)(H,28,29). The molecule has 2 amide bonds. The molecule has 1 aromatic heterocycles. The Bertz CT molecular complexity index is 1080. The molecule has 4 N–H and O–H groups in total. The third kappa shape index (κ3) is 4.61. The van der Waals surface area contributed by atoms with Crippen LogP contribution in [0.2, 0.25) is 0 Å². The van der Waals surface area contributed by atoms with Crippen molar-refractivity contribution in [3.8, 4) is 11.1 Å². The van der Waals surface area contributed by atoms with Crippen molar-refractivity contribution in [2.45, 2.75) is 24.8 Å². The molecule has 0 saturated carbocycles. The predicted molar refractivity (Wildman–Crippen MR) is 116 cm³/mol. The second-order valence-electron chi connectivity index (χ2n) is 7.43. The van der Waals surface area contributed by atoms with Crippen LogP contribution in [0.25, 0.3) is 11.1 Å². The largest absolute Gasteiger partial charge is 0.481 e. The summed E-state index contributed by atoms with van der Waals surface area (Å²) in [6.07, 6.45) is 1.72. The number of amides is 2. The van der Waals surface area contributed by atoms with E-state index in [1.54, 1.807) is 0 Å². The van der Waals surface area contributed by atoms with E-state index in [-0.39, 0.29) is 25.4 Å². The average Bonchev–Trinajstić information content (AvgIpc) is 3.41. The van der Waals surface area contributed by atoms with Gasteiger partial charge in [0.15, 0.2) is 0 Å². The zero-order valence-corrected chi connectivity index (χ0v) is 17.1. The number of aliphatic carboxylic acids is 1. The molecule has 0 radical (unpaired) electrons. The number of carbonyl (C=O) groups is 3. The number of carbonyl (C=O) groups excluding carboxylic acids is 2. The maximum absolute atomic E-state index is 12.5. The van der Waals surface area contributed by atoms with Crippen LogP contribution in [0.1, 0.15) is 29.9 Å². The van der Waals surface area contributed by atoms with Crippen molar-refractivity contribution in [1.82, 2.24) is 15.5 Å². The molecular weight excluding hydrogens is 412 g/mol. The summed E-state index contributed by atoms with van der Waals surface area (Å²) in [5, 5.41) is 20.3. The van der Waals surface area contributed by atoms with Gasteiger partial charge >= 0.3 is 12.1 Å². The van der Waals surface area contributed by atoms with Crippen LogP contribution in [0, 0.1) is 0 Å². The van der Waals surface area contributed by atoms with Crippen LogP contribution in [-0.4, -0.2) is 45.9 Å².